The van der Waals surface area contributed by atoms with Crippen molar-refractivity contribution < 1.29 is 9.53 Å². The molecule has 0 aliphatic carbocycles. The maximum atomic E-state index is 11.1. The van der Waals surface area contributed by atoms with Crippen LogP contribution in [-0.2, 0) is 9.53 Å². The van der Waals surface area contributed by atoms with Crippen molar-refractivity contribution >= 4 is 5.91 Å². The minimum absolute atomic E-state index is 0.00468. The number of rotatable bonds is 5. The Morgan fingerprint density at radius 2 is 2.42 bits per heavy atom. The summed E-state index contributed by atoms with van der Waals surface area (Å²) in [5.41, 5.74) is 0. The SMILES string of the molecule is CCCOCC(=O)NC1CNC1. The molecule has 4 nitrogen and oxygen atoms in total. The second kappa shape index (κ2) is 5.11. The highest BCUT2D eigenvalue weighted by molar-refractivity contribution is 5.77. The van der Waals surface area contributed by atoms with E-state index in [1.807, 2.05) is 6.92 Å². The second-order valence-electron chi connectivity index (χ2n) is 2.98. The lowest BCUT2D eigenvalue weighted by atomic mass is 10.2. The first-order chi connectivity index (χ1) is 5.83. The van der Waals surface area contributed by atoms with Gasteiger partial charge in [0.15, 0.2) is 0 Å². The monoisotopic (exact) mass is 172 g/mol. The van der Waals surface area contributed by atoms with Crippen LogP contribution < -0.4 is 10.6 Å². The van der Waals surface area contributed by atoms with Gasteiger partial charge in [-0.1, -0.05) is 6.92 Å². The molecule has 1 amide bonds. The Morgan fingerprint density at radius 1 is 1.67 bits per heavy atom. The Hall–Kier alpha value is -0.610. The molecule has 0 aromatic carbocycles. The highest BCUT2D eigenvalue weighted by Gasteiger charge is 2.18. The van der Waals surface area contributed by atoms with Crippen molar-refractivity contribution in [2.45, 2.75) is 19.4 Å². The normalized spacial score (nSPS) is 17.1. The first kappa shape index (κ1) is 9.48. The topological polar surface area (TPSA) is 50.4 Å². The molecule has 12 heavy (non-hydrogen) atoms. The van der Waals surface area contributed by atoms with E-state index in [4.69, 9.17) is 4.74 Å². The summed E-state index contributed by atoms with van der Waals surface area (Å²) in [7, 11) is 0. The molecule has 1 saturated heterocycles. The second-order valence-corrected chi connectivity index (χ2v) is 2.98. The van der Waals surface area contributed by atoms with Gasteiger partial charge in [-0.3, -0.25) is 4.79 Å². The van der Waals surface area contributed by atoms with Gasteiger partial charge >= 0.3 is 0 Å². The maximum absolute atomic E-state index is 11.1. The molecule has 0 aromatic heterocycles. The molecule has 1 aliphatic rings. The molecule has 1 aliphatic heterocycles. The summed E-state index contributed by atoms with van der Waals surface area (Å²) < 4.78 is 5.08. The van der Waals surface area contributed by atoms with E-state index in [2.05, 4.69) is 10.6 Å². The van der Waals surface area contributed by atoms with Gasteiger partial charge in [0.25, 0.3) is 0 Å². The molecule has 0 radical (unpaired) electrons. The van der Waals surface area contributed by atoms with E-state index < -0.39 is 0 Å². The molecule has 2 N–H and O–H groups in total. The van der Waals surface area contributed by atoms with Crippen molar-refractivity contribution in [1.29, 1.82) is 0 Å². The lowest BCUT2D eigenvalue weighted by molar-refractivity contribution is -0.126. The summed E-state index contributed by atoms with van der Waals surface area (Å²) in [4.78, 5) is 11.1. The van der Waals surface area contributed by atoms with Gasteiger partial charge in [0.05, 0.1) is 6.04 Å². The van der Waals surface area contributed by atoms with Crippen LogP contribution in [0.5, 0.6) is 0 Å². The van der Waals surface area contributed by atoms with Crippen LogP contribution >= 0.6 is 0 Å². The zero-order valence-electron chi connectivity index (χ0n) is 7.43. The smallest absolute Gasteiger partial charge is 0.246 e. The van der Waals surface area contributed by atoms with Gasteiger partial charge in [0, 0.05) is 19.7 Å². The zero-order valence-corrected chi connectivity index (χ0v) is 7.43. The predicted molar refractivity (Wildman–Crippen MR) is 45.9 cm³/mol. The first-order valence-corrected chi connectivity index (χ1v) is 4.40. The molecule has 0 saturated carbocycles. The Bertz CT molecular complexity index is 146. The van der Waals surface area contributed by atoms with E-state index in [0.29, 0.717) is 12.6 Å². The number of ether oxygens (including phenoxy) is 1. The van der Waals surface area contributed by atoms with Crippen LogP contribution in [0.2, 0.25) is 0 Å². The molecule has 0 atom stereocenters. The van der Waals surface area contributed by atoms with Crippen molar-refractivity contribution in [2.75, 3.05) is 26.3 Å². The fourth-order valence-electron chi connectivity index (χ4n) is 0.969. The summed E-state index contributed by atoms with van der Waals surface area (Å²) in [6, 6.07) is 0.322. The summed E-state index contributed by atoms with van der Waals surface area (Å²) in [5.74, 6) is -0.00468. The minimum Gasteiger partial charge on any atom is -0.372 e. The summed E-state index contributed by atoms with van der Waals surface area (Å²) >= 11 is 0. The van der Waals surface area contributed by atoms with Gasteiger partial charge in [-0.15, -0.1) is 0 Å². The van der Waals surface area contributed by atoms with E-state index in [1.54, 1.807) is 0 Å². The van der Waals surface area contributed by atoms with E-state index in [1.165, 1.54) is 0 Å². The fraction of sp³-hybridized carbons (Fsp3) is 0.875. The first-order valence-electron chi connectivity index (χ1n) is 4.40. The van der Waals surface area contributed by atoms with E-state index in [-0.39, 0.29) is 12.5 Å². The van der Waals surface area contributed by atoms with Crippen molar-refractivity contribution in [3.05, 3.63) is 0 Å². The molecule has 1 rings (SSSR count). The lowest BCUT2D eigenvalue weighted by Crippen LogP contribution is -2.57. The van der Waals surface area contributed by atoms with Crippen molar-refractivity contribution in [3.63, 3.8) is 0 Å². The maximum Gasteiger partial charge on any atom is 0.246 e. The largest absolute Gasteiger partial charge is 0.372 e. The van der Waals surface area contributed by atoms with Gasteiger partial charge in [-0.05, 0) is 6.42 Å². The highest BCUT2D eigenvalue weighted by atomic mass is 16.5. The Balaban J connectivity index is 1.95. The zero-order chi connectivity index (χ0) is 8.81. The van der Waals surface area contributed by atoms with Crippen molar-refractivity contribution in [1.82, 2.24) is 10.6 Å². The van der Waals surface area contributed by atoms with E-state index in [9.17, 15) is 4.79 Å². The van der Waals surface area contributed by atoms with Crippen LogP contribution in [0.1, 0.15) is 13.3 Å². The molecule has 1 heterocycles. The van der Waals surface area contributed by atoms with Gasteiger partial charge in [0.1, 0.15) is 6.61 Å². The molecule has 0 aromatic rings. The van der Waals surface area contributed by atoms with E-state index in [0.717, 1.165) is 19.5 Å². The third-order valence-electron chi connectivity index (χ3n) is 1.73. The number of carbonyl (C=O) groups excluding carboxylic acids is 1. The third-order valence-corrected chi connectivity index (χ3v) is 1.73. The van der Waals surface area contributed by atoms with Crippen LogP contribution in [0.15, 0.2) is 0 Å². The molecular formula is C8H16N2O2. The molecule has 0 unspecified atom stereocenters. The average molecular weight is 172 g/mol. The lowest BCUT2D eigenvalue weighted by Gasteiger charge is -2.27. The van der Waals surface area contributed by atoms with Gasteiger partial charge in [-0.2, -0.15) is 0 Å². The van der Waals surface area contributed by atoms with Crippen molar-refractivity contribution in [2.24, 2.45) is 0 Å². The van der Waals surface area contributed by atoms with Crippen LogP contribution in [0.4, 0.5) is 0 Å². The minimum atomic E-state index is -0.00468. The number of hydrogen-bond donors (Lipinski definition) is 2. The Morgan fingerprint density at radius 3 is 2.92 bits per heavy atom. The molecule has 1 fully saturated rings. The molecular weight excluding hydrogens is 156 g/mol. The quantitative estimate of drug-likeness (QED) is 0.550. The molecule has 0 bridgehead atoms. The average Bonchev–Trinajstić information content (AvgIpc) is 1.98. The van der Waals surface area contributed by atoms with E-state index >= 15 is 0 Å². The third kappa shape index (κ3) is 3.19. The standard InChI is InChI=1S/C8H16N2O2/c1-2-3-12-6-8(11)10-7-4-9-5-7/h7,9H,2-6H2,1H3,(H,10,11). The Labute approximate surface area is 72.7 Å². The van der Waals surface area contributed by atoms with Crippen LogP contribution in [0.25, 0.3) is 0 Å². The van der Waals surface area contributed by atoms with Gasteiger partial charge < -0.3 is 15.4 Å². The molecule has 70 valence electrons. The van der Waals surface area contributed by atoms with Crippen LogP contribution in [0.3, 0.4) is 0 Å². The predicted octanol–water partition coefficient (Wildman–Crippen LogP) is -0.499. The van der Waals surface area contributed by atoms with Crippen LogP contribution in [-0.4, -0.2) is 38.3 Å². The summed E-state index contributed by atoms with van der Waals surface area (Å²) in [6.07, 6.45) is 0.957. The summed E-state index contributed by atoms with van der Waals surface area (Å²) in [6.45, 7) is 4.66. The number of carbonyl (C=O) groups is 1. The summed E-state index contributed by atoms with van der Waals surface area (Å²) in [5, 5.41) is 5.93. The highest BCUT2D eigenvalue weighted by Crippen LogP contribution is 1.90. The fourth-order valence-corrected chi connectivity index (χ4v) is 0.969. The van der Waals surface area contributed by atoms with Gasteiger partial charge in [0.2, 0.25) is 5.91 Å². The molecule has 4 heteroatoms. The molecule has 0 spiro atoms. The van der Waals surface area contributed by atoms with Gasteiger partial charge in [-0.25, -0.2) is 0 Å². The van der Waals surface area contributed by atoms with Crippen LogP contribution in [0, 0.1) is 0 Å². The Kier molecular flexibility index (Phi) is 4.04. The number of amides is 1. The number of nitrogens with one attached hydrogen (secondary N) is 2. The van der Waals surface area contributed by atoms with Crippen molar-refractivity contribution in [3.8, 4) is 0 Å². The number of hydrogen-bond acceptors (Lipinski definition) is 3.